The molecule has 21 heavy (non-hydrogen) atoms. The molecule has 2 aromatic rings. The molecule has 0 bridgehead atoms. The van der Waals surface area contributed by atoms with E-state index in [1.807, 2.05) is 24.3 Å². The Morgan fingerprint density at radius 1 is 1.19 bits per heavy atom. The molecular weight excluding hydrogens is 291 g/mol. The zero-order valence-electron chi connectivity index (χ0n) is 11.7. The van der Waals surface area contributed by atoms with Crippen molar-refractivity contribution in [2.24, 2.45) is 0 Å². The third-order valence-corrected chi connectivity index (χ3v) is 3.64. The average Bonchev–Trinajstić information content (AvgIpc) is 2.49. The molecule has 0 unspecified atom stereocenters. The standard InChI is InChI=1S/C17H16ClFO2/c1-21-14-9-6-12(7-10-14)5-8-13(20)11-15-16(18)3-2-4-17(15)19/h2-4,6-7,9-10H,5,8,11H2,1H3. The lowest BCUT2D eigenvalue weighted by Gasteiger charge is -2.06. The molecule has 0 spiro atoms. The first-order chi connectivity index (χ1) is 10.1. The van der Waals surface area contributed by atoms with Crippen molar-refractivity contribution < 1.29 is 13.9 Å². The molecule has 4 heteroatoms. The topological polar surface area (TPSA) is 26.3 Å². The Morgan fingerprint density at radius 3 is 2.52 bits per heavy atom. The van der Waals surface area contributed by atoms with Crippen molar-refractivity contribution in [2.75, 3.05) is 7.11 Å². The maximum Gasteiger partial charge on any atom is 0.137 e. The number of aryl methyl sites for hydroxylation is 1. The van der Waals surface area contributed by atoms with Crippen LogP contribution in [0.5, 0.6) is 5.75 Å². The maximum absolute atomic E-state index is 13.6. The number of methoxy groups -OCH3 is 1. The fourth-order valence-electron chi connectivity index (χ4n) is 2.06. The van der Waals surface area contributed by atoms with Crippen molar-refractivity contribution in [3.8, 4) is 5.75 Å². The van der Waals surface area contributed by atoms with Gasteiger partial charge >= 0.3 is 0 Å². The van der Waals surface area contributed by atoms with E-state index in [-0.39, 0.29) is 17.8 Å². The number of ketones is 1. The van der Waals surface area contributed by atoms with Crippen molar-refractivity contribution >= 4 is 17.4 Å². The lowest BCUT2D eigenvalue weighted by molar-refractivity contribution is -0.118. The van der Waals surface area contributed by atoms with Crippen LogP contribution in [0, 0.1) is 5.82 Å². The second-order valence-corrected chi connectivity index (χ2v) is 5.17. The quantitative estimate of drug-likeness (QED) is 0.798. The van der Waals surface area contributed by atoms with Gasteiger partial charge in [0.1, 0.15) is 17.3 Å². The summed E-state index contributed by atoms with van der Waals surface area (Å²) in [7, 11) is 1.61. The van der Waals surface area contributed by atoms with E-state index in [2.05, 4.69) is 0 Å². The van der Waals surface area contributed by atoms with Crippen LogP contribution in [0.1, 0.15) is 17.5 Å². The van der Waals surface area contributed by atoms with Crippen LogP contribution in [-0.2, 0) is 17.6 Å². The van der Waals surface area contributed by atoms with Gasteiger partial charge in [0.05, 0.1) is 7.11 Å². The van der Waals surface area contributed by atoms with Gasteiger partial charge in [0.15, 0.2) is 0 Å². The van der Waals surface area contributed by atoms with Crippen LogP contribution in [0.4, 0.5) is 4.39 Å². The van der Waals surface area contributed by atoms with Gasteiger partial charge in [0.25, 0.3) is 0 Å². The first-order valence-corrected chi connectivity index (χ1v) is 7.05. The Morgan fingerprint density at radius 2 is 1.90 bits per heavy atom. The highest BCUT2D eigenvalue weighted by Gasteiger charge is 2.12. The zero-order valence-corrected chi connectivity index (χ0v) is 12.5. The fourth-order valence-corrected chi connectivity index (χ4v) is 2.29. The summed E-state index contributed by atoms with van der Waals surface area (Å²) in [6, 6.07) is 12.0. The summed E-state index contributed by atoms with van der Waals surface area (Å²) < 4.78 is 18.7. The van der Waals surface area contributed by atoms with E-state index in [0.29, 0.717) is 17.9 Å². The number of Topliss-reactive ketones (excluding diaryl/α,β-unsaturated/α-hetero) is 1. The zero-order chi connectivity index (χ0) is 15.2. The number of ether oxygens (including phenoxy) is 1. The second-order valence-electron chi connectivity index (χ2n) is 4.76. The Kier molecular flexibility index (Phi) is 5.34. The molecule has 110 valence electrons. The molecule has 0 N–H and O–H groups in total. The molecule has 0 radical (unpaired) electrons. The molecule has 0 aliphatic rings. The van der Waals surface area contributed by atoms with E-state index >= 15 is 0 Å². The molecule has 2 aromatic carbocycles. The molecule has 0 fully saturated rings. The highest BCUT2D eigenvalue weighted by Crippen LogP contribution is 2.20. The van der Waals surface area contributed by atoms with E-state index in [1.54, 1.807) is 13.2 Å². The Hall–Kier alpha value is -1.87. The minimum atomic E-state index is -0.430. The Balaban J connectivity index is 1.92. The van der Waals surface area contributed by atoms with Gasteiger partial charge in [-0.2, -0.15) is 0 Å². The highest BCUT2D eigenvalue weighted by molar-refractivity contribution is 6.31. The molecule has 0 saturated heterocycles. The van der Waals surface area contributed by atoms with Crippen LogP contribution < -0.4 is 4.74 Å². The molecule has 0 atom stereocenters. The van der Waals surface area contributed by atoms with Crippen LogP contribution in [0.3, 0.4) is 0 Å². The molecule has 0 aliphatic heterocycles. The molecule has 0 amide bonds. The third kappa shape index (κ3) is 4.30. The largest absolute Gasteiger partial charge is 0.497 e. The average molecular weight is 307 g/mol. The number of hydrogen-bond donors (Lipinski definition) is 0. The van der Waals surface area contributed by atoms with Crippen molar-refractivity contribution in [1.29, 1.82) is 0 Å². The predicted molar refractivity (Wildman–Crippen MR) is 81.4 cm³/mol. The van der Waals surface area contributed by atoms with Gasteiger partial charge in [-0.3, -0.25) is 4.79 Å². The first kappa shape index (κ1) is 15.5. The van der Waals surface area contributed by atoms with Crippen LogP contribution in [0.25, 0.3) is 0 Å². The first-order valence-electron chi connectivity index (χ1n) is 6.67. The summed E-state index contributed by atoms with van der Waals surface area (Å²) in [4.78, 5) is 12.0. The van der Waals surface area contributed by atoms with E-state index in [0.717, 1.165) is 11.3 Å². The van der Waals surface area contributed by atoms with Gasteiger partial charge in [0, 0.05) is 23.4 Å². The molecule has 0 heterocycles. The summed E-state index contributed by atoms with van der Waals surface area (Å²) in [5.74, 6) is 0.321. The summed E-state index contributed by atoms with van der Waals surface area (Å²) in [6.07, 6.45) is 1.01. The molecule has 2 nitrogen and oxygen atoms in total. The highest BCUT2D eigenvalue weighted by atomic mass is 35.5. The normalized spacial score (nSPS) is 10.4. The monoisotopic (exact) mass is 306 g/mol. The summed E-state index contributed by atoms with van der Waals surface area (Å²) in [5.41, 5.74) is 1.32. The summed E-state index contributed by atoms with van der Waals surface area (Å²) in [6.45, 7) is 0. The number of rotatable bonds is 6. The lowest BCUT2D eigenvalue weighted by Crippen LogP contribution is -2.06. The van der Waals surface area contributed by atoms with Gasteiger partial charge in [-0.05, 0) is 36.2 Å². The van der Waals surface area contributed by atoms with Crippen molar-refractivity contribution in [1.82, 2.24) is 0 Å². The predicted octanol–water partition coefficient (Wildman–Crippen LogP) is 4.23. The van der Waals surface area contributed by atoms with E-state index in [1.165, 1.54) is 12.1 Å². The SMILES string of the molecule is COc1ccc(CCC(=O)Cc2c(F)cccc2Cl)cc1. The van der Waals surface area contributed by atoms with Crippen LogP contribution in [-0.4, -0.2) is 12.9 Å². The van der Waals surface area contributed by atoms with Crippen molar-refractivity contribution in [3.05, 3.63) is 64.4 Å². The maximum atomic E-state index is 13.6. The number of hydrogen-bond acceptors (Lipinski definition) is 2. The smallest absolute Gasteiger partial charge is 0.137 e. The number of carbonyl (C=O) groups is 1. The van der Waals surface area contributed by atoms with Crippen LogP contribution in [0.2, 0.25) is 5.02 Å². The number of carbonyl (C=O) groups excluding carboxylic acids is 1. The van der Waals surface area contributed by atoms with Gasteiger partial charge in [0.2, 0.25) is 0 Å². The van der Waals surface area contributed by atoms with Crippen molar-refractivity contribution in [3.63, 3.8) is 0 Å². The van der Waals surface area contributed by atoms with Gasteiger partial charge in [-0.1, -0.05) is 29.8 Å². The van der Waals surface area contributed by atoms with E-state index in [9.17, 15) is 9.18 Å². The Labute approximate surface area is 128 Å². The molecule has 0 saturated carbocycles. The van der Waals surface area contributed by atoms with Crippen LogP contribution in [0.15, 0.2) is 42.5 Å². The summed E-state index contributed by atoms with van der Waals surface area (Å²) >= 11 is 5.92. The number of halogens is 2. The Bertz CT molecular complexity index is 603. The van der Waals surface area contributed by atoms with Crippen molar-refractivity contribution in [2.45, 2.75) is 19.3 Å². The molecule has 0 aromatic heterocycles. The van der Waals surface area contributed by atoms with E-state index in [4.69, 9.17) is 16.3 Å². The minimum absolute atomic E-state index is 0.0294. The minimum Gasteiger partial charge on any atom is -0.497 e. The molecular formula is C17H16ClFO2. The third-order valence-electron chi connectivity index (χ3n) is 3.29. The van der Waals surface area contributed by atoms with Gasteiger partial charge in [-0.15, -0.1) is 0 Å². The second kappa shape index (κ2) is 7.23. The lowest BCUT2D eigenvalue weighted by atomic mass is 10.0. The van der Waals surface area contributed by atoms with Gasteiger partial charge in [-0.25, -0.2) is 4.39 Å². The number of benzene rings is 2. The summed E-state index contributed by atoms with van der Waals surface area (Å²) in [5, 5.41) is 0.299. The van der Waals surface area contributed by atoms with Crippen LogP contribution >= 0.6 is 11.6 Å². The fraction of sp³-hybridized carbons (Fsp3) is 0.235. The molecule has 2 rings (SSSR count). The van der Waals surface area contributed by atoms with Gasteiger partial charge < -0.3 is 4.74 Å². The molecule has 0 aliphatic carbocycles. The van der Waals surface area contributed by atoms with E-state index < -0.39 is 5.82 Å².